The monoisotopic (exact) mass is 404 g/mol. The number of carbonyl (C=O) groups is 3. The fourth-order valence-corrected chi connectivity index (χ4v) is 2.37. The minimum Gasteiger partial charge on any atom is -0.326 e. The number of anilines is 1. The van der Waals surface area contributed by atoms with E-state index in [0.29, 0.717) is 5.69 Å². The number of hydrogen-bond donors (Lipinski definition) is 4. The summed E-state index contributed by atoms with van der Waals surface area (Å²) in [5.41, 5.74) is 5.63. The van der Waals surface area contributed by atoms with Crippen molar-refractivity contribution in [2.45, 2.75) is 12.8 Å². The van der Waals surface area contributed by atoms with Gasteiger partial charge in [0.25, 0.3) is 5.91 Å². The van der Waals surface area contributed by atoms with Crippen LogP contribution in [0.1, 0.15) is 23.2 Å². The maximum absolute atomic E-state index is 12.0. The zero-order valence-corrected chi connectivity index (χ0v) is 15.7. The number of hydrazine groups is 1. The smallest absolute Gasteiger partial charge is 0.258 e. The van der Waals surface area contributed by atoms with Gasteiger partial charge in [0.2, 0.25) is 11.8 Å². The molecule has 0 aliphatic heterocycles. The molecule has 0 aliphatic rings. The van der Waals surface area contributed by atoms with Crippen LogP contribution in [0.15, 0.2) is 54.6 Å². The topological polar surface area (TPSA) is 99.3 Å². The Hall–Kier alpha value is -2.97. The maximum Gasteiger partial charge on any atom is 0.258 e. The summed E-state index contributed by atoms with van der Waals surface area (Å²) in [4.78, 5) is 35.6. The molecule has 2 rings (SSSR count). The van der Waals surface area contributed by atoms with Crippen molar-refractivity contribution in [2.24, 2.45) is 0 Å². The highest BCUT2D eigenvalue weighted by Crippen LogP contribution is 2.14. The summed E-state index contributed by atoms with van der Waals surface area (Å²) >= 11 is 10.9. The van der Waals surface area contributed by atoms with Gasteiger partial charge >= 0.3 is 0 Å². The second-order valence-corrected chi connectivity index (χ2v) is 6.17. The molecule has 2 aromatic rings. The van der Waals surface area contributed by atoms with Gasteiger partial charge in [0.1, 0.15) is 0 Å². The van der Waals surface area contributed by atoms with Gasteiger partial charge in [-0.3, -0.25) is 30.6 Å². The molecule has 0 saturated heterocycles. The molecule has 0 bridgehead atoms. The van der Waals surface area contributed by atoms with Crippen LogP contribution in [-0.4, -0.2) is 22.8 Å². The molecule has 4 N–H and O–H groups in total. The Morgan fingerprint density at radius 3 is 2.19 bits per heavy atom. The van der Waals surface area contributed by atoms with Crippen LogP contribution in [0.5, 0.6) is 0 Å². The van der Waals surface area contributed by atoms with E-state index in [0.717, 1.165) is 0 Å². The molecule has 3 amide bonds. The van der Waals surface area contributed by atoms with Gasteiger partial charge < -0.3 is 5.32 Å². The normalized spacial score (nSPS) is 9.81. The molecule has 2 aromatic carbocycles. The van der Waals surface area contributed by atoms with Crippen molar-refractivity contribution >= 4 is 52.3 Å². The van der Waals surface area contributed by atoms with Crippen molar-refractivity contribution in [1.29, 1.82) is 0 Å². The van der Waals surface area contributed by atoms with Crippen molar-refractivity contribution < 1.29 is 14.4 Å². The molecular weight excluding hydrogens is 388 g/mol. The van der Waals surface area contributed by atoms with Crippen LogP contribution in [0.2, 0.25) is 5.02 Å². The molecule has 0 fully saturated rings. The van der Waals surface area contributed by atoms with Gasteiger partial charge in [0, 0.05) is 18.5 Å². The van der Waals surface area contributed by atoms with Crippen molar-refractivity contribution in [3.63, 3.8) is 0 Å². The van der Waals surface area contributed by atoms with Gasteiger partial charge in [-0.05, 0) is 36.5 Å². The van der Waals surface area contributed by atoms with Gasteiger partial charge in [-0.1, -0.05) is 41.9 Å². The zero-order valence-electron chi connectivity index (χ0n) is 14.1. The standard InChI is InChI=1S/C18H17ClN4O3S/c19-14-9-5-4-8-13(14)17(26)21-18(27)23-22-16(25)11-10-15(24)20-12-6-2-1-3-7-12/h1-9H,10-11H2,(H,20,24)(H,22,25)(H2,21,23,26,27). The van der Waals surface area contributed by atoms with E-state index in [2.05, 4.69) is 21.5 Å². The fraction of sp³-hybridized carbons (Fsp3) is 0.111. The zero-order chi connectivity index (χ0) is 19.6. The minimum absolute atomic E-state index is 0.00114. The van der Waals surface area contributed by atoms with E-state index in [1.54, 1.807) is 48.5 Å². The summed E-state index contributed by atoms with van der Waals surface area (Å²) in [7, 11) is 0. The van der Waals surface area contributed by atoms with E-state index in [4.69, 9.17) is 23.8 Å². The molecule has 27 heavy (non-hydrogen) atoms. The average molecular weight is 405 g/mol. The summed E-state index contributed by atoms with van der Waals surface area (Å²) in [6, 6.07) is 15.4. The lowest BCUT2D eigenvalue weighted by Crippen LogP contribution is -2.48. The lowest BCUT2D eigenvalue weighted by molar-refractivity contribution is -0.124. The number of para-hydroxylation sites is 1. The number of amides is 3. The third kappa shape index (κ3) is 7.04. The van der Waals surface area contributed by atoms with Crippen molar-refractivity contribution in [2.75, 3.05) is 5.32 Å². The quantitative estimate of drug-likeness (QED) is 0.453. The Labute approximate surface area is 166 Å². The van der Waals surface area contributed by atoms with Crippen LogP contribution in [0.25, 0.3) is 0 Å². The first-order valence-electron chi connectivity index (χ1n) is 7.95. The molecular formula is C18H17ClN4O3S. The number of rotatable bonds is 5. The second-order valence-electron chi connectivity index (χ2n) is 5.35. The van der Waals surface area contributed by atoms with Crippen LogP contribution in [0.3, 0.4) is 0 Å². The van der Waals surface area contributed by atoms with Gasteiger partial charge in [-0.25, -0.2) is 0 Å². The highest BCUT2D eigenvalue weighted by molar-refractivity contribution is 7.80. The molecule has 0 radical (unpaired) electrons. The van der Waals surface area contributed by atoms with Crippen LogP contribution in [0.4, 0.5) is 5.69 Å². The third-order valence-electron chi connectivity index (χ3n) is 3.30. The molecule has 0 aliphatic carbocycles. The third-order valence-corrected chi connectivity index (χ3v) is 3.83. The van der Waals surface area contributed by atoms with Crippen LogP contribution in [0, 0.1) is 0 Å². The number of nitrogens with one attached hydrogen (secondary N) is 4. The molecule has 0 atom stereocenters. The van der Waals surface area contributed by atoms with Crippen molar-refractivity contribution in [3.8, 4) is 0 Å². The summed E-state index contributed by atoms with van der Waals surface area (Å²) in [6.07, 6.45) is -0.0477. The molecule has 0 spiro atoms. The number of halogens is 1. The van der Waals surface area contributed by atoms with Crippen LogP contribution in [-0.2, 0) is 9.59 Å². The molecule has 0 heterocycles. The van der Waals surface area contributed by atoms with Gasteiger partial charge in [0.15, 0.2) is 5.11 Å². The SMILES string of the molecule is O=C(CCC(=O)Nc1ccccc1)NNC(=S)NC(=O)c1ccccc1Cl. The summed E-state index contributed by atoms with van der Waals surface area (Å²) in [5, 5.41) is 5.26. The predicted octanol–water partition coefficient (Wildman–Crippen LogP) is 2.39. The summed E-state index contributed by atoms with van der Waals surface area (Å²) in [6.45, 7) is 0. The molecule has 0 aromatic heterocycles. The number of carbonyl (C=O) groups excluding carboxylic acids is 3. The highest BCUT2D eigenvalue weighted by Gasteiger charge is 2.12. The predicted molar refractivity (Wildman–Crippen MR) is 107 cm³/mol. The van der Waals surface area contributed by atoms with E-state index >= 15 is 0 Å². The van der Waals surface area contributed by atoms with Crippen molar-refractivity contribution in [1.82, 2.24) is 16.2 Å². The Balaban J connectivity index is 1.69. The van der Waals surface area contributed by atoms with E-state index in [9.17, 15) is 14.4 Å². The fourth-order valence-electron chi connectivity index (χ4n) is 2.01. The largest absolute Gasteiger partial charge is 0.326 e. The van der Waals surface area contributed by atoms with E-state index in [-0.39, 0.29) is 34.4 Å². The van der Waals surface area contributed by atoms with E-state index < -0.39 is 11.8 Å². The lowest BCUT2D eigenvalue weighted by atomic mass is 10.2. The average Bonchev–Trinajstić information content (AvgIpc) is 2.66. The molecule has 9 heteroatoms. The van der Waals surface area contributed by atoms with Crippen LogP contribution >= 0.6 is 23.8 Å². The van der Waals surface area contributed by atoms with E-state index in [1.807, 2.05) is 6.07 Å². The van der Waals surface area contributed by atoms with E-state index in [1.165, 1.54) is 0 Å². The van der Waals surface area contributed by atoms with Gasteiger partial charge in [-0.15, -0.1) is 0 Å². The first kappa shape index (κ1) is 20.3. The first-order chi connectivity index (χ1) is 13.0. The second kappa shape index (κ2) is 10.2. The number of thiocarbonyl (C=S) groups is 1. The molecule has 0 unspecified atom stereocenters. The summed E-state index contributed by atoms with van der Waals surface area (Å²) in [5.74, 6) is -1.24. The molecule has 7 nitrogen and oxygen atoms in total. The molecule has 140 valence electrons. The van der Waals surface area contributed by atoms with Crippen molar-refractivity contribution in [3.05, 3.63) is 65.2 Å². The Morgan fingerprint density at radius 2 is 1.48 bits per heavy atom. The minimum atomic E-state index is -0.505. The first-order valence-corrected chi connectivity index (χ1v) is 8.74. The van der Waals surface area contributed by atoms with Crippen LogP contribution < -0.4 is 21.5 Å². The molecule has 0 saturated carbocycles. The summed E-state index contributed by atoms with van der Waals surface area (Å²) < 4.78 is 0. The number of benzene rings is 2. The Kier molecular flexibility index (Phi) is 7.72. The highest BCUT2D eigenvalue weighted by atomic mass is 35.5. The van der Waals surface area contributed by atoms with Gasteiger partial charge in [-0.2, -0.15) is 0 Å². The van der Waals surface area contributed by atoms with Gasteiger partial charge in [0.05, 0.1) is 10.6 Å². The number of hydrogen-bond acceptors (Lipinski definition) is 4. The maximum atomic E-state index is 12.0. The lowest BCUT2D eigenvalue weighted by Gasteiger charge is -2.11. The Morgan fingerprint density at radius 1 is 0.852 bits per heavy atom. The Bertz CT molecular complexity index is 846.